The van der Waals surface area contributed by atoms with Crippen LogP contribution in [0.3, 0.4) is 0 Å². The summed E-state index contributed by atoms with van der Waals surface area (Å²) < 4.78 is 39.6. The van der Waals surface area contributed by atoms with Crippen LogP contribution in [0.5, 0.6) is 0 Å². The molecule has 2 rings (SSSR count). The van der Waals surface area contributed by atoms with Crippen molar-refractivity contribution in [2.75, 3.05) is 17.2 Å². The molecule has 1 heterocycles. The summed E-state index contributed by atoms with van der Waals surface area (Å²) in [4.78, 5) is 16.0. The van der Waals surface area contributed by atoms with Crippen molar-refractivity contribution in [1.29, 1.82) is 0 Å². The molecule has 0 aliphatic carbocycles. The van der Waals surface area contributed by atoms with Crippen molar-refractivity contribution in [2.45, 2.75) is 19.4 Å². The fourth-order valence-electron chi connectivity index (χ4n) is 1.83. The molecule has 1 amide bonds. The van der Waals surface area contributed by atoms with Crippen molar-refractivity contribution in [3.05, 3.63) is 53.5 Å². The average Bonchev–Trinajstić information content (AvgIpc) is 2.54. The van der Waals surface area contributed by atoms with Gasteiger partial charge in [0.05, 0.1) is 29.6 Å². The Hall–Kier alpha value is -2.61. The van der Waals surface area contributed by atoms with Gasteiger partial charge in [0, 0.05) is 0 Å². The number of amides is 1. The molecule has 2 aromatic rings. The molecule has 0 saturated carbocycles. The molecule has 0 saturated heterocycles. The summed E-state index contributed by atoms with van der Waals surface area (Å²) in [6.07, 6.45) is 1.31. The van der Waals surface area contributed by atoms with Gasteiger partial charge in [-0.2, -0.15) is 0 Å². The lowest BCUT2D eigenvalue weighted by Gasteiger charge is -2.24. The average molecular weight is 339 g/mol. The number of aliphatic hydroxyl groups excluding tert-OH is 1. The first-order valence-corrected chi connectivity index (χ1v) is 7.03. The minimum absolute atomic E-state index is 0.109. The number of carbonyl (C=O) groups excluding carboxylic acids is 1. The lowest BCUT2D eigenvalue weighted by molar-refractivity contribution is 0.102. The molecule has 3 N–H and O–H groups in total. The number of nitrogens with one attached hydrogen (secondary N) is 2. The molecule has 5 nitrogen and oxygen atoms in total. The Balaban J connectivity index is 2.12. The highest BCUT2D eigenvalue weighted by Crippen LogP contribution is 2.18. The Bertz CT molecular complexity index is 749. The van der Waals surface area contributed by atoms with E-state index in [1.54, 1.807) is 19.9 Å². The van der Waals surface area contributed by atoms with Crippen molar-refractivity contribution >= 4 is 17.4 Å². The van der Waals surface area contributed by atoms with Crippen LogP contribution in [0.4, 0.5) is 24.7 Å². The number of hydrogen-bond donors (Lipinski definition) is 3. The van der Waals surface area contributed by atoms with Crippen LogP contribution in [0, 0.1) is 17.5 Å². The van der Waals surface area contributed by atoms with E-state index in [1.807, 2.05) is 0 Å². The van der Waals surface area contributed by atoms with Crippen LogP contribution in [-0.2, 0) is 0 Å². The van der Waals surface area contributed by atoms with Crippen molar-refractivity contribution in [2.24, 2.45) is 0 Å². The molecular weight excluding hydrogens is 323 g/mol. The minimum atomic E-state index is -1.70. The van der Waals surface area contributed by atoms with Crippen LogP contribution in [0.15, 0.2) is 30.5 Å². The van der Waals surface area contributed by atoms with E-state index in [9.17, 15) is 23.1 Å². The molecule has 8 heteroatoms. The molecule has 0 bridgehead atoms. The number of halogens is 3. The number of aromatic nitrogens is 1. The van der Waals surface area contributed by atoms with Gasteiger partial charge in [0.1, 0.15) is 5.82 Å². The van der Waals surface area contributed by atoms with Crippen LogP contribution in [-0.4, -0.2) is 28.1 Å². The zero-order chi connectivity index (χ0) is 17.9. The predicted octanol–water partition coefficient (Wildman–Crippen LogP) is 2.93. The first kappa shape index (κ1) is 17.7. The van der Waals surface area contributed by atoms with E-state index in [-0.39, 0.29) is 12.3 Å². The number of anilines is 2. The second-order valence-electron chi connectivity index (χ2n) is 5.78. The van der Waals surface area contributed by atoms with Crippen LogP contribution in [0.1, 0.15) is 24.2 Å². The molecular formula is C16H16F3N3O2. The fourth-order valence-corrected chi connectivity index (χ4v) is 1.83. The standard InChI is InChI=1S/C16H16F3N3O2/c1-16(2,8-23)22-12-6-3-9(7-20-12)21-15(24)10-4-5-11(17)14(19)13(10)18/h3-7,23H,8H2,1-2H3,(H,20,22)(H,21,24). The highest BCUT2D eigenvalue weighted by molar-refractivity contribution is 6.04. The van der Waals surface area contributed by atoms with E-state index in [1.165, 1.54) is 12.3 Å². The van der Waals surface area contributed by atoms with Gasteiger partial charge in [-0.05, 0) is 38.1 Å². The number of aliphatic hydroxyl groups is 1. The number of rotatable bonds is 5. The Morgan fingerprint density at radius 1 is 1.17 bits per heavy atom. The summed E-state index contributed by atoms with van der Waals surface area (Å²) in [5, 5.41) is 14.5. The van der Waals surface area contributed by atoms with E-state index < -0.39 is 34.5 Å². The monoisotopic (exact) mass is 339 g/mol. The lowest BCUT2D eigenvalue weighted by Crippen LogP contribution is -2.35. The van der Waals surface area contributed by atoms with E-state index >= 15 is 0 Å². The van der Waals surface area contributed by atoms with Gasteiger partial charge in [-0.1, -0.05) is 0 Å². The Morgan fingerprint density at radius 2 is 1.88 bits per heavy atom. The molecule has 0 atom stereocenters. The Morgan fingerprint density at radius 3 is 2.46 bits per heavy atom. The third-order valence-electron chi connectivity index (χ3n) is 3.16. The number of carbonyl (C=O) groups is 1. The van der Waals surface area contributed by atoms with Gasteiger partial charge in [0.2, 0.25) is 0 Å². The van der Waals surface area contributed by atoms with Gasteiger partial charge in [0.15, 0.2) is 17.5 Å². The van der Waals surface area contributed by atoms with Gasteiger partial charge in [0.25, 0.3) is 5.91 Å². The summed E-state index contributed by atoms with van der Waals surface area (Å²) in [7, 11) is 0. The zero-order valence-corrected chi connectivity index (χ0v) is 13.0. The third kappa shape index (κ3) is 4.02. The van der Waals surface area contributed by atoms with Gasteiger partial charge >= 0.3 is 0 Å². The molecule has 0 fully saturated rings. The van der Waals surface area contributed by atoms with E-state index in [0.717, 1.165) is 6.07 Å². The Kier molecular flexibility index (Phi) is 5.08. The van der Waals surface area contributed by atoms with E-state index in [0.29, 0.717) is 11.9 Å². The summed E-state index contributed by atoms with van der Waals surface area (Å²) in [5.41, 5.74) is -0.944. The first-order chi connectivity index (χ1) is 11.2. The summed E-state index contributed by atoms with van der Waals surface area (Å²) in [5.74, 6) is -5.08. The second kappa shape index (κ2) is 6.88. The van der Waals surface area contributed by atoms with Crippen molar-refractivity contribution in [1.82, 2.24) is 4.98 Å². The molecule has 0 spiro atoms. The fraction of sp³-hybridized carbons (Fsp3) is 0.250. The molecule has 0 aliphatic rings. The molecule has 1 aromatic carbocycles. The SMILES string of the molecule is CC(C)(CO)Nc1ccc(NC(=O)c2ccc(F)c(F)c2F)cn1. The Labute approximate surface area is 136 Å². The van der Waals surface area contributed by atoms with E-state index in [2.05, 4.69) is 15.6 Å². The van der Waals surface area contributed by atoms with Crippen molar-refractivity contribution in [3.8, 4) is 0 Å². The van der Waals surface area contributed by atoms with Crippen molar-refractivity contribution < 1.29 is 23.1 Å². The topological polar surface area (TPSA) is 74.2 Å². The molecule has 1 aromatic heterocycles. The van der Waals surface area contributed by atoms with Gasteiger partial charge in [-0.15, -0.1) is 0 Å². The van der Waals surface area contributed by atoms with Crippen LogP contribution in [0.2, 0.25) is 0 Å². The molecule has 24 heavy (non-hydrogen) atoms. The largest absolute Gasteiger partial charge is 0.394 e. The number of nitrogens with zero attached hydrogens (tertiary/aromatic N) is 1. The molecule has 0 unspecified atom stereocenters. The quantitative estimate of drug-likeness (QED) is 0.732. The number of hydrogen-bond acceptors (Lipinski definition) is 4. The van der Waals surface area contributed by atoms with E-state index in [4.69, 9.17) is 0 Å². The summed E-state index contributed by atoms with van der Waals surface area (Å²) in [6, 6.07) is 4.58. The lowest BCUT2D eigenvalue weighted by atomic mass is 10.1. The molecule has 0 aliphatic heterocycles. The normalized spacial score (nSPS) is 11.2. The maximum atomic E-state index is 13.6. The zero-order valence-electron chi connectivity index (χ0n) is 13.0. The minimum Gasteiger partial charge on any atom is -0.394 e. The molecule has 0 radical (unpaired) electrons. The smallest absolute Gasteiger partial charge is 0.258 e. The third-order valence-corrected chi connectivity index (χ3v) is 3.16. The van der Waals surface area contributed by atoms with Crippen molar-refractivity contribution in [3.63, 3.8) is 0 Å². The van der Waals surface area contributed by atoms with Gasteiger partial charge in [-0.25, -0.2) is 18.2 Å². The summed E-state index contributed by atoms with van der Waals surface area (Å²) >= 11 is 0. The van der Waals surface area contributed by atoms with Crippen LogP contribution < -0.4 is 10.6 Å². The second-order valence-corrected chi connectivity index (χ2v) is 5.78. The maximum absolute atomic E-state index is 13.6. The van der Waals surface area contributed by atoms with Crippen LogP contribution in [0.25, 0.3) is 0 Å². The number of pyridine rings is 1. The summed E-state index contributed by atoms with van der Waals surface area (Å²) in [6.45, 7) is 3.44. The predicted molar refractivity (Wildman–Crippen MR) is 83.3 cm³/mol. The van der Waals surface area contributed by atoms with Crippen LogP contribution >= 0.6 is 0 Å². The number of benzene rings is 1. The van der Waals surface area contributed by atoms with Gasteiger partial charge < -0.3 is 15.7 Å². The molecule has 128 valence electrons. The van der Waals surface area contributed by atoms with Gasteiger partial charge in [-0.3, -0.25) is 4.79 Å². The maximum Gasteiger partial charge on any atom is 0.258 e. The first-order valence-electron chi connectivity index (χ1n) is 7.03. The highest BCUT2D eigenvalue weighted by Gasteiger charge is 2.19. The highest BCUT2D eigenvalue weighted by atomic mass is 19.2.